The number of fused-ring (bicyclic) bond motifs is 1. The smallest absolute Gasteiger partial charge is 0.410 e. The number of amides is 1. The van der Waals surface area contributed by atoms with Gasteiger partial charge in [-0.05, 0) is 32.9 Å². The Hall–Kier alpha value is -2.90. The molecular formula is C18H22N4O4. The van der Waals surface area contributed by atoms with Gasteiger partial charge in [0.15, 0.2) is 0 Å². The Morgan fingerprint density at radius 2 is 1.85 bits per heavy atom. The van der Waals surface area contributed by atoms with E-state index in [0.29, 0.717) is 31.6 Å². The summed E-state index contributed by atoms with van der Waals surface area (Å²) in [7, 11) is 0. The van der Waals surface area contributed by atoms with Crippen LogP contribution in [0.3, 0.4) is 0 Å². The first kappa shape index (κ1) is 17.9. The number of ether oxygens (including phenoxy) is 1. The van der Waals surface area contributed by atoms with Crippen LogP contribution in [0.2, 0.25) is 0 Å². The number of nitro benzene ring substituents is 1. The highest BCUT2D eigenvalue weighted by Gasteiger charge is 2.27. The van der Waals surface area contributed by atoms with Crippen molar-refractivity contribution < 1.29 is 14.5 Å². The Morgan fingerprint density at radius 1 is 1.15 bits per heavy atom. The Balaban J connectivity index is 1.79. The van der Waals surface area contributed by atoms with Crippen LogP contribution < -0.4 is 4.90 Å². The predicted molar refractivity (Wildman–Crippen MR) is 98.4 cm³/mol. The van der Waals surface area contributed by atoms with E-state index in [9.17, 15) is 14.9 Å². The molecule has 138 valence electrons. The van der Waals surface area contributed by atoms with Gasteiger partial charge in [0.2, 0.25) is 0 Å². The lowest BCUT2D eigenvalue weighted by Crippen LogP contribution is -2.50. The van der Waals surface area contributed by atoms with Crippen LogP contribution in [-0.2, 0) is 4.74 Å². The molecule has 8 nitrogen and oxygen atoms in total. The second-order valence-corrected chi connectivity index (χ2v) is 7.24. The highest BCUT2D eigenvalue weighted by atomic mass is 16.6. The van der Waals surface area contributed by atoms with Gasteiger partial charge < -0.3 is 14.5 Å². The van der Waals surface area contributed by atoms with E-state index >= 15 is 0 Å². The maximum Gasteiger partial charge on any atom is 0.410 e. The number of pyridine rings is 1. The summed E-state index contributed by atoms with van der Waals surface area (Å²) in [6.45, 7) is 7.88. The van der Waals surface area contributed by atoms with E-state index in [1.54, 1.807) is 23.2 Å². The predicted octanol–water partition coefficient (Wildman–Crippen LogP) is 3.20. The Morgan fingerprint density at radius 3 is 2.46 bits per heavy atom. The number of non-ortho nitro benzene ring substituents is 1. The number of piperazine rings is 1. The van der Waals surface area contributed by atoms with Crippen LogP contribution in [0, 0.1) is 10.1 Å². The van der Waals surface area contributed by atoms with Gasteiger partial charge >= 0.3 is 6.09 Å². The number of rotatable bonds is 2. The first-order valence-corrected chi connectivity index (χ1v) is 8.50. The van der Waals surface area contributed by atoms with Crippen molar-refractivity contribution in [1.29, 1.82) is 0 Å². The number of carbonyl (C=O) groups excluding carboxylic acids is 1. The molecule has 0 unspecified atom stereocenters. The zero-order valence-electron chi connectivity index (χ0n) is 15.1. The molecule has 2 heterocycles. The summed E-state index contributed by atoms with van der Waals surface area (Å²) < 4.78 is 5.42. The average Bonchev–Trinajstić information content (AvgIpc) is 2.59. The van der Waals surface area contributed by atoms with Crippen molar-refractivity contribution in [2.75, 3.05) is 31.1 Å². The van der Waals surface area contributed by atoms with Gasteiger partial charge in [-0.25, -0.2) is 4.79 Å². The zero-order chi connectivity index (χ0) is 18.9. The second-order valence-electron chi connectivity index (χ2n) is 7.24. The highest BCUT2D eigenvalue weighted by molar-refractivity contribution is 5.99. The molecule has 1 aromatic heterocycles. The van der Waals surface area contributed by atoms with Crippen molar-refractivity contribution in [3.63, 3.8) is 0 Å². The Kier molecular flexibility index (Phi) is 4.67. The molecule has 0 atom stereocenters. The SMILES string of the molecule is CC(C)(C)OC(=O)N1CCN(c2ccc([N+](=O)[O-])c3cnccc23)CC1. The zero-order valence-corrected chi connectivity index (χ0v) is 15.1. The topological polar surface area (TPSA) is 88.8 Å². The minimum atomic E-state index is -0.518. The monoisotopic (exact) mass is 358 g/mol. The minimum absolute atomic E-state index is 0.0456. The molecule has 0 aliphatic carbocycles. The number of hydrogen-bond donors (Lipinski definition) is 0. The molecule has 2 aromatic rings. The van der Waals surface area contributed by atoms with Crippen molar-refractivity contribution in [3.8, 4) is 0 Å². The molecule has 1 aromatic carbocycles. The summed E-state index contributed by atoms with van der Waals surface area (Å²) in [5.41, 5.74) is 0.441. The number of benzene rings is 1. The van der Waals surface area contributed by atoms with Crippen molar-refractivity contribution in [3.05, 3.63) is 40.7 Å². The first-order valence-electron chi connectivity index (χ1n) is 8.50. The lowest BCUT2D eigenvalue weighted by molar-refractivity contribution is -0.383. The van der Waals surface area contributed by atoms with Gasteiger partial charge in [0.25, 0.3) is 5.69 Å². The van der Waals surface area contributed by atoms with Gasteiger partial charge in [-0.2, -0.15) is 0 Å². The molecule has 0 N–H and O–H groups in total. The third-order valence-electron chi connectivity index (χ3n) is 4.24. The molecule has 0 radical (unpaired) electrons. The molecule has 0 bridgehead atoms. The Bertz CT molecular complexity index is 839. The van der Waals surface area contributed by atoms with E-state index < -0.39 is 10.5 Å². The molecule has 1 fully saturated rings. The summed E-state index contributed by atoms with van der Waals surface area (Å²) in [6, 6.07) is 5.07. The quantitative estimate of drug-likeness (QED) is 0.605. The van der Waals surface area contributed by atoms with Crippen LogP contribution in [0.5, 0.6) is 0 Å². The summed E-state index contributed by atoms with van der Waals surface area (Å²) in [5, 5.41) is 12.6. The van der Waals surface area contributed by atoms with Crippen molar-refractivity contribution in [1.82, 2.24) is 9.88 Å². The van der Waals surface area contributed by atoms with Crippen LogP contribution in [0.25, 0.3) is 10.8 Å². The lowest BCUT2D eigenvalue weighted by Gasteiger charge is -2.37. The van der Waals surface area contributed by atoms with E-state index in [1.165, 1.54) is 12.3 Å². The number of anilines is 1. The maximum absolute atomic E-state index is 12.2. The summed E-state index contributed by atoms with van der Waals surface area (Å²) in [4.78, 5) is 30.9. The van der Waals surface area contributed by atoms with Gasteiger partial charge in [0, 0.05) is 55.7 Å². The van der Waals surface area contributed by atoms with E-state index in [0.717, 1.165) is 11.1 Å². The fourth-order valence-electron chi connectivity index (χ4n) is 3.05. The molecule has 1 aliphatic heterocycles. The fraction of sp³-hybridized carbons (Fsp3) is 0.444. The van der Waals surface area contributed by atoms with E-state index in [4.69, 9.17) is 4.74 Å². The molecule has 1 amide bonds. The average molecular weight is 358 g/mol. The lowest BCUT2D eigenvalue weighted by atomic mass is 10.1. The molecule has 1 saturated heterocycles. The second kappa shape index (κ2) is 6.78. The van der Waals surface area contributed by atoms with E-state index in [2.05, 4.69) is 9.88 Å². The highest BCUT2D eigenvalue weighted by Crippen LogP contribution is 2.33. The maximum atomic E-state index is 12.2. The third-order valence-corrected chi connectivity index (χ3v) is 4.24. The summed E-state index contributed by atoms with van der Waals surface area (Å²) >= 11 is 0. The number of hydrogen-bond acceptors (Lipinski definition) is 6. The normalized spacial score (nSPS) is 15.2. The van der Waals surface area contributed by atoms with Crippen LogP contribution in [-0.4, -0.2) is 52.7 Å². The van der Waals surface area contributed by atoms with Gasteiger partial charge in [0.1, 0.15) is 5.60 Å². The number of nitro groups is 1. The molecule has 0 saturated carbocycles. The van der Waals surface area contributed by atoms with Crippen molar-refractivity contribution >= 4 is 28.2 Å². The summed E-state index contributed by atoms with van der Waals surface area (Å²) in [5.74, 6) is 0. The number of carbonyl (C=O) groups is 1. The standard InChI is InChI=1S/C18H22N4O4/c1-18(2,3)26-17(23)21-10-8-20(9-11-21)15-4-5-16(22(24)25)14-12-19-7-6-13(14)15/h4-7,12H,8-11H2,1-3H3. The Labute approximate surface area is 151 Å². The number of nitrogens with zero attached hydrogens (tertiary/aromatic N) is 4. The third kappa shape index (κ3) is 3.68. The van der Waals surface area contributed by atoms with Crippen LogP contribution in [0.4, 0.5) is 16.2 Å². The van der Waals surface area contributed by atoms with E-state index in [-0.39, 0.29) is 11.8 Å². The molecule has 3 rings (SSSR count). The van der Waals surface area contributed by atoms with Gasteiger partial charge in [-0.15, -0.1) is 0 Å². The van der Waals surface area contributed by atoms with Gasteiger partial charge in [-0.1, -0.05) is 0 Å². The van der Waals surface area contributed by atoms with Crippen molar-refractivity contribution in [2.24, 2.45) is 0 Å². The largest absolute Gasteiger partial charge is 0.444 e. The first-order chi connectivity index (χ1) is 12.3. The molecule has 8 heteroatoms. The minimum Gasteiger partial charge on any atom is -0.444 e. The van der Waals surface area contributed by atoms with Crippen LogP contribution in [0.1, 0.15) is 20.8 Å². The summed E-state index contributed by atoms with van der Waals surface area (Å²) in [6.07, 6.45) is 2.84. The van der Waals surface area contributed by atoms with Gasteiger partial charge in [0.05, 0.1) is 10.3 Å². The van der Waals surface area contributed by atoms with Crippen molar-refractivity contribution in [2.45, 2.75) is 26.4 Å². The molecular weight excluding hydrogens is 336 g/mol. The van der Waals surface area contributed by atoms with Crippen LogP contribution >= 0.6 is 0 Å². The molecule has 1 aliphatic rings. The van der Waals surface area contributed by atoms with E-state index in [1.807, 2.05) is 20.8 Å². The van der Waals surface area contributed by atoms with Crippen LogP contribution in [0.15, 0.2) is 30.6 Å². The number of aromatic nitrogens is 1. The molecule has 0 spiro atoms. The molecule has 26 heavy (non-hydrogen) atoms. The fourth-order valence-corrected chi connectivity index (χ4v) is 3.05. The van der Waals surface area contributed by atoms with Gasteiger partial charge in [-0.3, -0.25) is 15.1 Å².